The summed E-state index contributed by atoms with van der Waals surface area (Å²) in [6, 6.07) is 12.1. The van der Waals surface area contributed by atoms with Gasteiger partial charge in [0, 0.05) is 17.6 Å². The van der Waals surface area contributed by atoms with E-state index in [4.69, 9.17) is 18.9 Å². The minimum absolute atomic E-state index is 0.0350. The largest absolute Gasteiger partial charge is 0.493 e. The molecule has 12 nitrogen and oxygen atoms in total. The van der Waals surface area contributed by atoms with Gasteiger partial charge in [0.2, 0.25) is 5.75 Å². The lowest BCUT2D eigenvalue weighted by molar-refractivity contribution is 0.321. The molecule has 0 fully saturated rings. The summed E-state index contributed by atoms with van der Waals surface area (Å²) in [5, 5.41) is -0.183. The first-order valence-electron chi connectivity index (χ1n) is 13.3. The molecular formula is C30H32N6O6S. The van der Waals surface area contributed by atoms with Gasteiger partial charge in [0.05, 0.1) is 7.11 Å². The number of para-hydroxylation sites is 2. The zero-order valence-corrected chi connectivity index (χ0v) is 25.5. The van der Waals surface area contributed by atoms with Crippen LogP contribution in [0.3, 0.4) is 0 Å². The fraction of sp³-hybridized carbons (Fsp3) is 0.300. The van der Waals surface area contributed by atoms with E-state index in [1.54, 1.807) is 37.3 Å². The van der Waals surface area contributed by atoms with Crippen LogP contribution < -0.4 is 23.7 Å². The van der Waals surface area contributed by atoms with Crippen LogP contribution in [0.2, 0.25) is 0 Å². The van der Waals surface area contributed by atoms with Crippen LogP contribution in [0.5, 0.6) is 29.1 Å². The zero-order valence-electron chi connectivity index (χ0n) is 24.7. The number of pyridine rings is 1. The van der Waals surface area contributed by atoms with Crippen molar-refractivity contribution in [2.75, 3.05) is 25.0 Å². The Morgan fingerprint density at radius 2 is 1.56 bits per heavy atom. The predicted octanol–water partition coefficient (Wildman–Crippen LogP) is 4.77. The molecule has 3 aromatic heterocycles. The lowest BCUT2D eigenvalue weighted by atomic mass is 10.1. The molecule has 43 heavy (non-hydrogen) atoms. The molecule has 0 atom stereocenters. The van der Waals surface area contributed by atoms with Gasteiger partial charge in [-0.2, -0.15) is 13.4 Å². The highest BCUT2D eigenvalue weighted by Crippen LogP contribution is 2.40. The number of hydrogen-bond donors (Lipinski definition) is 1. The molecule has 0 unspecified atom stereocenters. The van der Waals surface area contributed by atoms with Gasteiger partial charge in [-0.05, 0) is 56.5 Å². The molecule has 0 aliphatic heterocycles. The number of ether oxygens (including phenoxy) is 4. The predicted molar refractivity (Wildman–Crippen MR) is 159 cm³/mol. The van der Waals surface area contributed by atoms with E-state index in [0.717, 1.165) is 17.0 Å². The summed E-state index contributed by atoms with van der Waals surface area (Å²) < 4.78 is 51.9. The average Bonchev–Trinajstić information content (AvgIpc) is 2.96. The lowest BCUT2D eigenvalue weighted by Crippen LogP contribution is -2.17. The molecule has 0 radical (unpaired) electrons. The topological polar surface area (TPSA) is 148 Å². The summed E-state index contributed by atoms with van der Waals surface area (Å²) in [4.78, 5) is 21.2. The third kappa shape index (κ3) is 8.30. The first-order valence-corrected chi connectivity index (χ1v) is 14.8. The smallest absolute Gasteiger partial charge is 0.317 e. The van der Waals surface area contributed by atoms with Crippen molar-refractivity contribution in [2.45, 2.75) is 45.6 Å². The van der Waals surface area contributed by atoms with Crippen LogP contribution in [0, 0.1) is 32.6 Å². The van der Waals surface area contributed by atoms with Crippen molar-refractivity contribution in [3.05, 3.63) is 71.4 Å². The number of benzene rings is 1. The van der Waals surface area contributed by atoms with Crippen molar-refractivity contribution in [3.63, 3.8) is 0 Å². The average molecular weight is 605 g/mol. The van der Waals surface area contributed by atoms with E-state index < -0.39 is 10.0 Å². The number of anilines is 1. The van der Waals surface area contributed by atoms with Crippen LogP contribution in [-0.4, -0.2) is 53.7 Å². The third-order valence-electron chi connectivity index (χ3n) is 5.80. The third-order valence-corrected chi connectivity index (χ3v) is 7.06. The van der Waals surface area contributed by atoms with E-state index in [9.17, 15) is 8.42 Å². The lowest BCUT2D eigenvalue weighted by Gasteiger charge is -2.17. The molecule has 0 bridgehead atoms. The molecule has 4 aromatic rings. The Morgan fingerprint density at radius 3 is 2.19 bits per heavy atom. The van der Waals surface area contributed by atoms with Gasteiger partial charge in [-0.3, -0.25) is 4.72 Å². The number of nitrogens with zero attached hydrogens (tertiary/aromatic N) is 5. The number of rotatable bonds is 11. The van der Waals surface area contributed by atoms with Crippen LogP contribution in [0.25, 0.3) is 0 Å². The van der Waals surface area contributed by atoms with Gasteiger partial charge < -0.3 is 18.9 Å². The number of sulfonamides is 1. The van der Waals surface area contributed by atoms with Crippen LogP contribution in [0.1, 0.15) is 42.5 Å². The minimum Gasteiger partial charge on any atom is -0.493 e. The fourth-order valence-corrected chi connectivity index (χ4v) is 4.68. The Labute approximate surface area is 250 Å². The molecule has 0 saturated carbocycles. The van der Waals surface area contributed by atoms with E-state index in [-0.39, 0.29) is 59.2 Å². The summed E-state index contributed by atoms with van der Waals surface area (Å²) in [6.07, 6.45) is 1.53. The Morgan fingerprint density at radius 1 is 0.884 bits per heavy atom. The molecule has 13 heteroatoms. The normalized spacial score (nSPS) is 11.0. The molecule has 4 rings (SSSR count). The van der Waals surface area contributed by atoms with Crippen LogP contribution in [0.4, 0.5) is 5.82 Å². The second-order valence-electron chi connectivity index (χ2n) is 9.56. The number of aromatic nitrogens is 5. The Kier molecular flexibility index (Phi) is 9.95. The monoisotopic (exact) mass is 604 g/mol. The molecule has 0 aliphatic carbocycles. The molecule has 0 aliphatic rings. The first-order chi connectivity index (χ1) is 20.6. The SMILES string of the molecule is COc1ccccc1Oc1c(NS(=O)(=O)c2ccc(C(C)C)cn2)nc(C)nc1OCC#CCOc1nc(C)cc(C)n1. The summed E-state index contributed by atoms with van der Waals surface area (Å²) in [6.45, 7) is 9.20. The highest BCUT2D eigenvalue weighted by atomic mass is 32.2. The maximum atomic E-state index is 13.3. The second-order valence-corrected chi connectivity index (χ2v) is 11.2. The second kappa shape index (κ2) is 13.8. The maximum Gasteiger partial charge on any atom is 0.317 e. The van der Waals surface area contributed by atoms with E-state index in [2.05, 4.69) is 41.5 Å². The number of methoxy groups -OCH3 is 1. The molecule has 3 heterocycles. The molecule has 0 saturated heterocycles. The van der Waals surface area contributed by atoms with Crippen LogP contribution >= 0.6 is 0 Å². The number of aryl methyl sites for hydroxylation is 3. The van der Waals surface area contributed by atoms with Crippen molar-refractivity contribution >= 4 is 15.8 Å². The zero-order chi connectivity index (χ0) is 31.0. The number of hydrogen-bond acceptors (Lipinski definition) is 11. The summed E-state index contributed by atoms with van der Waals surface area (Å²) in [5.74, 6) is 6.51. The molecule has 0 amide bonds. The maximum absolute atomic E-state index is 13.3. The van der Waals surface area contributed by atoms with Gasteiger partial charge in [0.25, 0.3) is 15.9 Å². The molecule has 1 N–H and O–H groups in total. The van der Waals surface area contributed by atoms with Crippen molar-refractivity contribution in [1.82, 2.24) is 24.9 Å². The quantitative estimate of drug-likeness (QED) is 0.236. The van der Waals surface area contributed by atoms with Gasteiger partial charge in [-0.1, -0.05) is 43.9 Å². The van der Waals surface area contributed by atoms with E-state index in [1.807, 2.05) is 33.8 Å². The summed E-state index contributed by atoms with van der Waals surface area (Å²) in [5.41, 5.74) is 2.48. The van der Waals surface area contributed by atoms with Crippen molar-refractivity contribution in [2.24, 2.45) is 0 Å². The molecule has 1 aromatic carbocycles. The van der Waals surface area contributed by atoms with Crippen LogP contribution in [0.15, 0.2) is 53.7 Å². The minimum atomic E-state index is -4.16. The summed E-state index contributed by atoms with van der Waals surface area (Å²) >= 11 is 0. The Balaban J connectivity index is 1.60. The van der Waals surface area contributed by atoms with Crippen LogP contribution in [-0.2, 0) is 10.0 Å². The highest BCUT2D eigenvalue weighted by molar-refractivity contribution is 7.92. The van der Waals surface area contributed by atoms with Crippen molar-refractivity contribution in [3.8, 4) is 41.0 Å². The highest BCUT2D eigenvalue weighted by Gasteiger charge is 2.25. The van der Waals surface area contributed by atoms with E-state index >= 15 is 0 Å². The fourth-order valence-electron chi connectivity index (χ4n) is 3.75. The van der Waals surface area contributed by atoms with Gasteiger partial charge in [-0.15, -0.1) is 0 Å². The number of nitrogens with one attached hydrogen (secondary N) is 1. The molecule has 224 valence electrons. The summed E-state index contributed by atoms with van der Waals surface area (Å²) in [7, 11) is -2.67. The van der Waals surface area contributed by atoms with E-state index in [0.29, 0.717) is 5.75 Å². The molecule has 0 spiro atoms. The first kappa shape index (κ1) is 31.0. The van der Waals surface area contributed by atoms with E-state index in [1.165, 1.54) is 19.4 Å². The van der Waals surface area contributed by atoms with Crippen molar-refractivity contribution < 1.29 is 27.4 Å². The van der Waals surface area contributed by atoms with Gasteiger partial charge >= 0.3 is 6.01 Å². The van der Waals surface area contributed by atoms with Gasteiger partial charge in [-0.25, -0.2) is 19.9 Å². The van der Waals surface area contributed by atoms with Gasteiger partial charge in [0.15, 0.2) is 35.6 Å². The Bertz CT molecular complexity index is 1730. The van der Waals surface area contributed by atoms with Gasteiger partial charge in [0.1, 0.15) is 5.82 Å². The Hall–Kier alpha value is -4.96. The van der Waals surface area contributed by atoms with Crippen molar-refractivity contribution in [1.29, 1.82) is 0 Å². The standard InChI is InChI=1S/C30H32N6O6S/c1-19(2)23-13-14-26(31-18-23)43(37,38)36-28-27(42-25-12-8-7-11-24(25)39-6)29(35-22(5)34-28)40-15-9-10-16-41-30-32-20(3)17-21(4)33-30/h7-8,11-14,17-19H,15-16H2,1-6H3,(H,34,35,36). The molecular weight excluding hydrogens is 572 g/mol.